The summed E-state index contributed by atoms with van der Waals surface area (Å²) in [6.45, 7) is 1.62. The van der Waals surface area contributed by atoms with Gasteiger partial charge in [-0.05, 0) is 31.0 Å². The van der Waals surface area contributed by atoms with Gasteiger partial charge < -0.3 is 14.0 Å². The Kier molecular flexibility index (Phi) is 3.21. The number of fused-ring (bicyclic) bond motifs is 1. The third-order valence-electron chi connectivity index (χ3n) is 3.47. The summed E-state index contributed by atoms with van der Waals surface area (Å²) >= 11 is 0. The molecule has 0 spiro atoms. The van der Waals surface area contributed by atoms with Crippen molar-refractivity contribution in [1.82, 2.24) is 9.55 Å². The third-order valence-corrected chi connectivity index (χ3v) is 3.47. The lowest BCUT2D eigenvalue weighted by Gasteiger charge is -2.11. The fraction of sp³-hybridized carbons (Fsp3) is 0.429. The van der Waals surface area contributed by atoms with E-state index in [9.17, 15) is 4.79 Å². The number of carbonyl (C=O) groups is 1. The Morgan fingerprint density at radius 3 is 3.21 bits per heavy atom. The van der Waals surface area contributed by atoms with Crippen molar-refractivity contribution < 1.29 is 14.3 Å². The molecule has 0 amide bonds. The number of carbonyl (C=O) groups excluding carboxylic acids is 1. The van der Waals surface area contributed by atoms with Crippen LogP contribution in [0.4, 0.5) is 0 Å². The average molecular weight is 260 g/mol. The van der Waals surface area contributed by atoms with Gasteiger partial charge in [0.15, 0.2) is 0 Å². The molecule has 3 rings (SSSR count). The third kappa shape index (κ3) is 2.33. The number of aromatic nitrogens is 2. The van der Waals surface area contributed by atoms with Crippen LogP contribution in [-0.2, 0) is 16.0 Å². The summed E-state index contributed by atoms with van der Waals surface area (Å²) in [5.74, 6) is -0.327. The first-order valence-corrected chi connectivity index (χ1v) is 6.43. The fourth-order valence-electron chi connectivity index (χ4n) is 2.45. The Balaban J connectivity index is 1.93. The van der Waals surface area contributed by atoms with Crippen molar-refractivity contribution in [1.29, 1.82) is 0 Å². The van der Waals surface area contributed by atoms with Crippen LogP contribution >= 0.6 is 0 Å². The van der Waals surface area contributed by atoms with Crippen molar-refractivity contribution in [3.63, 3.8) is 0 Å². The number of nitrogens with zero attached hydrogens (tertiary/aromatic N) is 2. The summed E-state index contributed by atoms with van der Waals surface area (Å²) in [5.41, 5.74) is 2.37. The molecule has 0 radical (unpaired) electrons. The lowest BCUT2D eigenvalue weighted by Crippen LogP contribution is -2.14. The average Bonchev–Trinajstić information content (AvgIpc) is 3.08. The Morgan fingerprint density at radius 1 is 1.58 bits per heavy atom. The molecular formula is C14H16N2O3. The highest BCUT2D eigenvalue weighted by molar-refractivity contribution is 5.93. The fourth-order valence-corrected chi connectivity index (χ4v) is 2.45. The van der Waals surface area contributed by atoms with E-state index >= 15 is 0 Å². The Bertz CT molecular complexity index is 600. The van der Waals surface area contributed by atoms with Crippen LogP contribution in [0.5, 0.6) is 0 Å². The van der Waals surface area contributed by atoms with Crippen LogP contribution in [-0.4, -0.2) is 35.3 Å². The quantitative estimate of drug-likeness (QED) is 0.792. The summed E-state index contributed by atoms with van der Waals surface area (Å²) < 4.78 is 12.4. The highest BCUT2D eigenvalue weighted by Crippen LogP contribution is 2.19. The van der Waals surface area contributed by atoms with Gasteiger partial charge in [0.05, 0.1) is 42.7 Å². The summed E-state index contributed by atoms with van der Waals surface area (Å²) in [7, 11) is 1.39. The van der Waals surface area contributed by atoms with Gasteiger partial charge in [-0.2, -0.15) is 0 Å². The van der Waals surface area contributed by atoms with Crippen molar-refractivity contribution in [2.24, 2.45) is 0 Å². The van der Waals surface area contributed by atoms with Gasteiger partial charge in [0.1, 0.15) is 0 Å². The van der Waals surface area contributed by atoms with E-state index in [4.69, 9.17) is 9.47 Å². The van der Waals surface area contributed by atoms with E-state index in [1.54, 1.807) is 12.4 Å². The van der Waals surface area contributed by atoms with Crippen LogP contribution in [0.2, 0.25) is 0 Å². The zero-order valence-corrected chi connectivity index (χ0v) is 10.8. The molecular weight excluding hydrogens is 244 g/mol. The molecule has 1 aromatic carbocycles. The van der Waals surface area contributed by atoms with Crippen molar-refractivity contribution in [2.75, 3.05) is 13.7 Å². The van der Waals surface area contributed by atoms with E-state index < -0.39 is 0 Å². The van der Waals surface area contributed by atoms with Crippen molar-refractivity contribution in [3.8, 4) is 0 Å². The molecule has 1 aliphatic heterocycles. The number of hydrogen-bond acceptors (Lipinski definition) is 4. The summed E-state index contributed by atoms with van der Waals surface area (Å²) in [6.07, 6.45) is 4.24. The van der Waals surface area contributed by atoms with Crippen LogP contribution in [0.1, 0.15) is 23.2 Å². The highest BCUT2D eigenvalue weighted by atomic mass is 16.5. The number of hydrogen-bond donors (Lipinski definition) is 0. The number of ether oxygens (including phenoxy) is 2. The second-order valence-electron chi connectivity index (χ2n) is 4.73. The number of benzene rings is 1. The Labute approximate surface area is 111 Å². The predicted octanol–water partition coefficient (Wildman–Crippen LogP) is 2.00. The van der Waals surface area contributed by atoms with Gasteiger partial charge in [-0.1, -0.05) is 0 Å². The highest BCUT2D eigenvalue weighted by Gasteiger charge is 2.17. The first-order valence-electron chi connectivity index (χ1n) is 6.43. The van der Waals surface area contributed by atoms with E-state index in [0.29, 0.717) is 5.56 Å². The second kappa shape index (κ2) is 5.01. The van der Waals surface area contributed by atoms with Crippen LogP contribution in [0.25, 0.3) is 11.0 Å². The largest absolute Gasteiger partial charge is 0.465 e. The van der Waals surface area contributed by atoms with Crippen LogP contribution in [0, 0.1) is 0 Å². The van der Waals surface area contributed by atoms with Gasteiger partial charge >= 0.3 is 5.97 Å². The summed E-state index contributed by atoms with van der Waals surface area (Å²) in [6, 6.07) is 5.40. The van der Waals surface area contributed by atoms with Gasteiger partial charge in [0.25, 0.3) is 0 Å². The van der Waals surface area contributed by atoms with Gasteiger partial charge in [-0.3, -0.25) is 0 Å². The minimum atomic E-state index is -0.327. The van der Waals surface area contributed by atoms with E-state index in [1.807, 2.05) is 16.7 Å². The van der Waals surface area contributed by atoms with Crippen LogP contribution in [0.3, 0.4) is 0 Å². The molecule has 1 aromatic heterocycles. The minimum absolute atomic E-state index is 0.249. The molecule has 1 fully saturated rings. The molecule has 0 aliphatic carbocycles. The smallest absolute Gasteiger partial charge is 0.337 e. The monoisotopic (exact) mass is 260 g/mol. The Morgan fingerprint density at radius 2 is 2.47 bits per heavy atom. The normalized spacial score (nSPS) is 18.9. The SMILES string of the molecule is COC(=O)c1ccc2ncn(CC3CCCO3)c2c1. The van der Waals surface area contributed by atoms with Crippen molar-refractivity contribution in [3.05, 3.63) is 30.1 Å². The maximum Gasteiger partial charge on any atom is 0.337 e. The van der Waals surface area contributed by atoms with E-state index in [-0.39, 0.29) is 12.1 Å². The molecule has 5 nitrogen and oxygen atoms in total. The first kappa shape index (κ1) is 12.2. The molecule has 0 N–H and O–H groups in total. The molecule has 100 valence electrons. The maximum absolute atomic E-state index is 11.6. The zero-order valence-electron chi connectivity index (χ0n) is 10.8. The lowest BCUT2D eigenvalue weighted by atomic mass is 10.2. The molecule has 5 heteroatoms. The van der Waals surface area contributed by atoms with Gasteiger partial charge in [0.2, 0.25) is 0 Å². The number of imidazole rings is 1. The molecule has 0 saturated carbocycles. The standard InChI is InChI=1S/C14H16N2O3/c1-18-14(17)10-4-5-12-13(7-10)16(9-15-12)8-11-3-2-6-19-11/h4-5,7,9,11H,2-3,6,8H2,1H3. The Hall–Kier alpha value is -1.88. The van der Waals surface area contributed by atoms with Gasteiger partial charge in [0, 0.05) is 6.61 Å². The predicted molar refractivity (Wildman–Crippen MR) is 70.0 cm³/mol. The summed E-state index contributed by atoms with van der Waals surface area (Å²) in [5, 5.41) is 0. The summed E-state index contributed by atoms with van der Waals surface area (Å²) in [4.78, 5) is 15.9. The number of methoxy groups -OCH3 is 1. The molecule has 1 aliphatic rings. The molecule has 0 bridgehead atoms. The molecule has 19 heavy (non-hydrogen) atoms. The second-order valence-corrected chi connectivity index (χ2v) is 4.73. The van der Waals surface area contributed by atoms with E-state index in [1.165, 1.54) is 7.11 Å². The molecule has 2 heterocycles. The van der Waals surface area contributed by atoms with Crippen LogP contribution < -0.4 is 0 Å². The number of esters is 1. The minimum Gasteiger partial charge on any atom is -0.465 e. The van der Waals surface area contributed by atoms with Crippen molar-refractivity contribution in [2.45, 2.75) is 25.5 Å². The lowest BCUT2D eigenvalue weighted by molar-refractivity contribution is 0.0601. The number of rotatable bonds is 3. The van der Waals surface area contributed by atoms with Gasteiger partial charge in [-0.15, -0.1) is 0 Å². The van der Waals surface area contributed by atoms with E-state index in [2.05, 4.69) is 4.98 Å². The first-order chi connectivity index (χ1) is 9.28. The molecule has 1 saturated heterocycles. The van der Waals surface area contributed by atoms with Crippen LogP contribution in [0.15, 0.2) is 24.5 Å². The zero-order chi connectivity index (χ0) is 13.2. The van der Waals surface area contributed by atoms with E-state index in [0.717, 1.165) is 37.0 Å². The molecule has 1 unspecified atom stereocenters. The molecule has 2 aromatic rings. The van der Waals surface area contributed by atoms with Crippen molar-refractivity contribution >= 4 is 17.0 Å². The topological polar surface area (TPSA) is 53.3 Å². The molecule has 1 atom stereocenters. The van der Waals surface area contributed by atoms with Gasteiger partial charge in [-0.25, -0.2) is 9.78 Å². The maximum atomic E-state index is 11.6.